The van der Waals surface area contributed by atoms with E-state index < -0.39 is 0 Å². The van der Waals surface area contributed by atoms with E-state index in [9.17, 15) is 9.59 Å². The van der Waals surface area contributed by atoms with Crippen molar-refractivity contribution in [3.63, 3.8) is 0 Å². The van der Waals surface area contributed by atoms with Crippen LogP contribution < -0.4 is 5.32 Å². The van der Waals surface area contributed by atoms with E-state index in [1.165, 1.54) is 17.9 Å². The smallest absolute Gasteiger partial charge is 0.254 e. The van der Waals surface area contributed by atoms with Gasteiger partial charge in [0.15, 0.2) is 5.78 Å². The number of halogens is 1. The molecule has 0 atom stereocenters. The third kappa shape index (κ3) is 3.62. The first-order chi connectivity index (χ1) is 14.0. The van der Waals surface area contributed by atoms with Gasteiger partial charge in [-0.25, -0.2) is 9.97 Å². The van der Waals surface area contributed by atoms with Gasteiger partial charge in [0.1, 0.15) is 5.69 Å². The van der Waals surface area contributed by atoms with Crippen LogP contribution >= 0.6 is 11.6 Å². The molecular weight excluding hydrogens is 392 g/mol. The average molecular weight is 409 g/mol. The number of nitrogens with zero attached hydrogens (tertiary/aromatic N) is 5. The fourth-order valence-electron chi connectivity index (χ4n) is 3.11. The van der Waals surface area contributed by atoms with Gasteiger partial charge in [0.2, 0.25) is 5.78 Å². The lowest BCUT2D eigenvalue weighted by Crippen LogP contribution is -2.22. The van der Waals surface area contributed by atoms with E-state index in [0.29, 0.717) is 16.5 Å². The van der Waals surface area contributed by atoms with Crippen molar-refractivity contribution in [3.8, 4) is 11.3 Å². The Morgan fingerprint density at radius 1 is 1.21 bits per heavy atom. The number of carbonyl (C=O) groups is 2. The number of carbonyl (C=O) groups excluding carboxylic acids is 2. The van der Waals surface area contributed by atoms with E-state index in [-0.39, 0.29) is 29.4 Å². The zero-order valence-electron chi connectivity index (χ0n) is 15.8. The van der Waals surface area contributed by atoms with E-state index in [0.717, 1.165) is 11.3 Å². The van der Waals surface area contributed by atoms with Crippen molar-refractivity contribution in [2.45, 2.75) is 6.42 Å². The first kappa shape index (κ1) is 18.8. The second-order valence-electron chi connectivity index (χ2n) is 6.47. The third-order valence-electron chi connectivity index (χ3n) is 4.52. The summed E-state index contributed by atoms with van der Waals surface area (Å²) in [5.41, 5.74) is 2.65. The van der Waals surface area contributed by atoms with Gasteiger partial charge in [-0.15, -0.1) is 0 Å². The van der Waals surface area contributed by atoms with E-state index in [4.69, 9.17) is 11.6 Å². The van der Waals surface area contributed by atoms with Gasteiger partial charge in [-0.3, -0.25) is 18.7 Å². The summed E-state index contributed by atoms with van der Waals surface area (Å²) in [7, 11) is 3.14. The van der Waals surface area contributed by atoms with Crippen molar-refractivity contribution in [1.29, 1.82) is 0 Å². The number of benzene rings is 1. The van der Waals surface area contributed by atoms with E-state index in [2.05, 4.69) is 20.4 Å². The lowest BCUT2D eigenvalue weighted by molar-refractivity contribution is 0.0937. The van der Waals surface area contributed by atoms with E-state index in [1.54, 1.807) is 29.8 Å². The van der Waals surface area contributed by atoms with Gasteiger partial charge in [-0.1, -0.05) is 23.7 Å². The number of hydrogen-bond acceptors (Lipinski definition) is 5. The molecule has 1 aromatic carbocycles. The topological polar surface area (TPSA) is 94.2 Å². The van der Waals surface area contributed by atoms with Gasteiger partial charge >= 0.3 is 0 Å². The fourth-order valence-corrected chi connectivity index (χ4v) is 3.30. The highest BCUT2D eigenvalue weighted by Crippen LogP contribution is 2.22. The predicted molar refractivity (Wildman–Crippen MR) is 108 cm³/mol. The highest BCUT2D eigenvalue weighted by atomic mass is 35.5. The Morgan fingerprint density at radius 2 is 2.03 bits per heavy atom. The molecule has 4 aromatic rings. The fraction of sp³-hybridized carbons (Fsp3) is 0.150. The number of aromatic nitrogens is 5. The van der Waals surface area contributed by atoms with Crippen LogP contribution in [0.5, 0.6) is 0 Å². The summed E-state index contributed by atoms with van der Waals surface area (Å²) in [6.45, 7) is 0. The van der Waals surface area contributed by atoms with Crippen molar-refractivity contribution in [2.24, 2.45) is 7.05 Å². The first-order valence-electron chi connectivity index (χ1n) is 8.84. The summed E-state index contributed by atoms with van der Waals surface area (Å²) in [6, 6.07) is 9.16. The van der Waals surface area contributed by atoms with E-state index in [1.807, 2.05) is 24.4 Å². The second-order valence-corrected chi connectivity index (χ2v) is 6.91. The maximum Gasteiger partial charge on any atom is 0.254 e. The number of ketones is 1. The van der Waals surface area contributed by atoms with Crippen LogP contribution in [0.15, 0.2) is 48.9 Å². The van der Waals surface area contributed by atoms with Crippen molar-refractivity contribution in [2.75, 3.05) is 7.05 Å². The summed E-state index contributed by atoms with van der Waals surface area (Å²) in [4.78, 5) is 33.8. The summed E-state index contributed by atoms with van der Waals surface area (Å²) < 4.78 is 3.18. The minimum atomic E-state index is -0.357. The van der Waals surface area contributed by atoms with Crippen LogP contribution in [0.4, 0.5) is 0 Å². The van der Waals surface area contributed by atoms with Gasteiger partial charge in [-0.05, 0) is 18.2 Å². The molecule has 3 heterocycles. The number of rotatable bonds is 5. The molecule has 146 valence electrons. The molecule has 9 heteroatoms. The van der Waals surface area contributed by atoms with Gasteiger partial charge in [0.25, 0.3) is 5.91 Å². The minimum absolute atomic E-state index is 0.0272. The lowest BCUT2D eigenvalue weighted by Gasteiger charge is -2.05. The van der Waals surface area contributed by atoms with Gasteiger partial charge < -0.3 is 5.32 Å². The second kappa shape index (κ2) is 7.48. The molecule has 0 spiro atoms. The molecule has 3 aromatic heterocycles. The third-order valence-corrected chi connectivity index (χ3v) is 4.76. The predicted octanol–water partition coefficient (Wildman–Crippen LogP) is 2.57. The molecule has 0 aliphatic carbocycles. The lowest BCUT2D eigenvalue weighted by atomic mass is 10.1. The van der Waals surface area contributed by atoms with Crippen LogP contribution in [0.25, 0.3) is 17.0 Å². The molecule has 0 saturated carbocycles. The number of fused-ring (bicyclic) bond motifs is 1. The van der Waals surface area contributed by atoms with Crippen molar-refractivity contribution >= 4 is 29.1 Å². The molecule has 0 radical (unpaired) electrons. The van der Waals surface area contributed by atoms with E-state index >= 15 is 0 Å². The molecule has 0 saturated heterocycles. The number of imidazole rings is 1. The Hall–Kier alpha value is -3.52. The number of nitrogens with one attached hydrogen (secondary N) is 1. The average Bonchev–Trinajstić information content (AvgIpc) is 3.30. The van der Waals surface area contributed by atoms with Gasteiger partial charge in [-0.2, -0.15) is 5.10 Å². The number of amides is 1. The molecule has 1 amide bonds. The van der Waals surface area contributed by atoms with Gasteiger partial charge in [0, 0.05) is 37.1 Å². The molecule has 0 bridgehead atoms. The Kier molecular flexibility index (Phi) is 4.85. The largest absolute Gasteiger partial charge is 0.355 e. The highest BCUT2D eigenvalue weighted by molar-refractivity contribution is 6.30. The molecule has 1 N–H and O–H groups in total. The molecule has 0 aliphatic heterocycles. The number of aryl methyl sites for hydroxylation is 1. The molecule has 0 aliphatic rings. The standard InChI is InChI=1S/C20H17ClN6O2/c1-22-19(29)15-10-23-26(2)18(15)17(28)9-14-6-7-27-11-16(25-20(27)24-14)12-4-3-5-13(21)8-12/h3-8,10-11H,9H2,1-2H3,(H,22,29). The molecule has 0 unspecified atom stereocenters. The summed E-state index contributed by atoms with van der Waals surface area (Å²) in [5.74, 6) is -0.131. The van der Waals surface area contributed by atoms with Crippen LogP contribution in [-0.2, 0) is 13.5 Å². The molecule has 4 rings (SSSR count). The zero-order valence-corrected chi connectivity index (χ0v) is 16.5. The zero-order chi connectivity index (χ0) is 20.5. The summed E-state index contributed by atoms with van der Waals surface area (Å²) in [6.07, 6.45) is 5.06. The highest BCUT2D eigenvalue weighted by Gasteiger charge is 2.22. The quantitative estimate of drug-likeness (QED) is 0.512. The van der Waals surface area contributed by atoms with Crippen molar-refractivity contribution < 1.29 is 9.59 Å². The monoisotopic (exact) mass is 408 g/mol. The molecule has 29 heavy (non-hydrogen) atoms. The Bertz CT molecular complexity index is 1240. The van der Waals surface area contributed by atoms with Gasteiger partial charge in [0.05, 0.1) is 29.6 Å². The van der Waals surface area contributed by atoms with Crippen LogP contribution in [0.1, 0.15) is 26.5 Å². The maximum atomic E-state index is 12.8. The molecule has 0 fully saturated rings. The first-order valence-corrected chi connectivity index (χ1v) is 9.22. The maximum absolute atomic E-state index is 12.8. The van der Waals surface area contributed by atoms with Crippen molar-refractivity contribution in [1.82, 2.24) is 29.5 Å². The number of Topliss-reactive ketones (excluding diaryl/α,β-unsaturated/α-hetero) is 1. The summed E-state index contributed by atoms with van der Waals surface area (Å²) in [5, 5.41) is 7.17. The number of hydrogen-bond donors (Lipinski definition) is 1. The van der Waals surface area contributed by atoms with Crippen LogP contribution in [0, 0.1) is 0 Å². The Morgan fingerprint density at radius 3 is 2.79 bits per heavy atom. The Balaban J connectivity index is 1.63. The van der Waals surface area contributed by atoms with Crippen LogP contribution in [0.2, 0.25) is 5.02 Å². The van der Waals surface area contributed by atoms with Crippen molar-refractivity contribution in [3.05, 3.63) is 70.9 Å². The Labute approximate surface area is 171 Å². The molecular formula is C20H17ClN6O2. The minimum Gasteiger partial charge on any atom is -0.355 e. The van der Waals surface area contributed by atoms with Crippen LogP contribution in [-0.4, -0.2) is 42.9 Å². The van der Waals surface area contributed by atoms with Crippen LogP contribution in [0.3, 0.4) is 0 Å². The normalized spacial score (nSPS) is 11.0. The SMILES string of the molecule is CNC(=O)c1cnn(C)c1C(=O)Cc1ccn2cc(-c3cccc(Cl)c3)nc2n1. The molecule has 8 nitrogen and oxygen atoms in total. The summed E-state index contributed by atoms with van der Waals surface area (Å²) >= 11 is 6.06.